The lowest BCUT2D eigenvalue weighted by Gasteiger charge is -2.47. The molecule has 0 aromatic rings. The molecule has 0 radical (unpaired) electrons. The zero-order valence-corrected chi connectivity index (χ0v) is 11.4. The summed E-state index contributed by atoms with van der Waals surface area (Å²) in [5, 5.41) is 0. The maximum atomic E-state index is 6.03. The highest BCUT2D eigenvalue weighted by Gasteiger charge is 2.37. The molecular formula is C13H27NO. The van der Waals surface area contributed by atoms with Crippen LogP contribution in [0.15, 0.2) is 0 Å². The van der Waals surface area contributed by atoms with Crippen molar-refractivity contribution in [2.45, 2.75) is 66.2 Å². The fourth-order valence-electron chi connectivity index (χ4n) is 1.98. The van der Waals surface area contributed by atoms with E-state index in [1.54, 1.807) is 0 Å². The fourth-order valence-corrected chi connectivity index (χ4v) is 1.98. The van der Waals surface area contributed by atoms with Gasteiger partial charge in [-0.15, -0.1) is 0 Å². The maximum absolute atomic E-state index is 6.03. The topological polar surface area (TPSA) is 12.5 Å². The lowest BCUT2D eigenvalue weighted by atomic mass is 9.86. The van der Waals surface area contributed by atoms with E-state index in [0.717, 1.165) is 13.1 Å². The van der Waals surface area contributed by atoms with Crippen molar-refractivity contribution in [1.82, 2.24) is 4.90 Å². The van der Waals surface area contributed by atoms with E-state index < -0.39 is 0 Å². The summed E-state index contributed by atoms with van der Waals surface area (Å²) in [6.45, 7) is 17.9. The molecule has 0 saturated carbocycles. The molecule has 0 amide bonds. The first-order chi connectivity index (χ1) is 6.60. The van der Waals surface area contributed by atoms with Crippen LogP contribution in [0.25, 0.3) is 0 Å². The number of rotatable bonds is 0. The first kappa shape index (κ1) is 13.0. The number of hydrogen-bond acceptors (Lipinski definition) is 2. The molecule has 2 unspecified atom stereocenters. The second-order valence-corrected chi connectivity index (χ2v) is 6.88. The van der Waals surface area contributed by atoms with E-state index in [2.05, 4.69) is 53.4 Å². The van der Waals surface area contributed by atoms with Gasteiger partial charge in [0.05, 0.1) is 12.2 Å². The molecule has 15 heavy (non-hydrogen) atoms. The first-order valence-electron chi connectivity index (χ1n) is 6.01. The molecule has 0 aromatic carbocycles. The van der Waals surface area contributed by atoms with Crippen molar-refractivity contribution in [3.05, 3.63) is 0 Å². The van der Waals surface area contributed by atoms with Gasteiger partial charge < -0.3 is 4.74 Å². The van der Waals surface area contributed by atoms with Crippen LogP contribution in [0.5, 0.6) is 0 Å². The zero-order chi connectivity index (χ0) is 11.9. The normalized spacial score (nSPS) is 30.6. The standard InChI is InChI=1S/C13H27NO/c1-10-8-14(13(5,6)7)9-11(15-10)12(2,3)4/h10-11H,8-9H2,1-7H3. The molecule has 1 heterocycles. The lowest BCUT2D eigenvalue weighted by molar-refractivity contribution is -0.137. The molecule has 1 saturated heterocycles. The molecule has 90 valence electrons. The van der Waals surface area contributed by atoms with Crippen LogP contribution in [0.3, 0.4) is 0 Å². The van der Waals surface area contributed by atoms with E-state index in [0.29, 0.717) is 12.2 Å². The van der Waals surface area contributed by atoms with Gasteiger partial charge in [0.1, 0.15) is 0 Å². The van der Waals surface area contributed by atoms with Crippen LogP contribution in [0, 0.1) is 5.41 Å². The fraction of sp³-hybridized carbons (Fsp3) is 1.00. The number of morpholine rings is 1. The van der Waals surface area contributed by atoms with Crippen LogP contribution in [-0.4, -0.2) is 35.7 Å². The van der Waals surface area contributed by atoms with Gasteiger partial charge in [-0.25, -0.2) is 0 Å². The summed E-state index contributed by atoms with van der Waals surface area (Å²) < 4.78 is 6.03. The van der Waals surface area contributed by atoms with Crippen LogP contribution in [0.1, 0.15) is 48.5 Å². The Balaban J connectivity index is 2.73. The van der Waals surface area contributed by atoms with Crippen LogP contribution >= 0.6 is 0 Å². The number of ether oxygens (including phenoxy) is 1. The Bertz CT molecular complexity index is 190. The molecule has 1 aliphatic heterocycles. The molecule has 2 heteroatoms. The zero-order valence-electron chi connectivity index (χ0n) is 11.4. The highest BCUT2D eigenvalue weighted by Crippen LogP contribution is 2.30. The number of nitrogens with zero attached hydrogens (tertiary/aromatic N) is 1. The summed E-state index contributed by atoms with van der Waals surface area (Å²) in [5.74, 6) is 0. The minimum atomic E-state index is 0.234. The van der Waals surface area contributed by atoms with Gasteiger partial charge in [-0.05, 0) is 33.1 Å². The minimum Gasteiger partial charge on any atom is -0.372 e. The van der Waals surface area contributed by atoms with E-state index in [1.165, 1.54) is 0 Å². The second-order valence-electron chi connectivity index (χ2n) is 6.88. The highest BCUT2D eigenvalue weighted by molar-refractivity contribution is 4.88. The average Bonchev–Trinajstić information content (AvgIpc) is 1.99. The van der Waals surface area contributed by atoms with Gasteiger partial charge in [-0.1, -0.05) is 20.8 Å². The van der Waals surface area contributed by atoms with Crippen molar-refractivity contribution in [2.75, 3.05) is 13.1 Å². The Kier molecular flexibility index (Phi) is 3.52. The summed E-state index contributed by atoms with van der Waals surface area (Å²) in [6, 6.07) is 0. The lowest BCUT2D eigenvalue weighted by Crippen LogP contribution is -2.57. The summed E-state index contributed by atoms with van der Waals surface area (Å²) in [4.78, 5) is 2.54. The molecule has 2 nitrogen and oxygen atoms in total. The molecular weight excluding hydrogens is 186 g/mol. The van der Waals surface area contributed by atoms with Crippen molar-refractivity contribution >= 4 is 0 Å². The Morgan fingerprint density at radius 3 is 1.93 bits per heavy atom. The Labute approximate surface area is 95.0 Å². The Morgan fingerprint density at radius 2 is 1.53 bits per heavy atom. The van der Waals surface area contributed by atoms with E-state index in [1.807, 2.05) is 0 Å². The number of hydrogen-bond donors (Lipinski definition) is 0. The maximum Gasteiger partial charge on any atom is 0.0754 e. The molecule has 0 spiro atoms. The van der Waals surface area contributed by atoms with Crippen molar-refractivity contribution in [2.24, 2.45) is 5.41 Å². The third-order valence-electron chi connectivity index (χ3n) is 3.17. The Hall–Kier alpha value is -0.0800. The van der Waals surface area contributed by atoms with E-state index >= 15 is 0 Å². The molecule has 0 bridgehead atoms. The minimum absolute atomic E-state index is 0.234. The monoisotopic (exact) mass is 213 g/mol. The van der Waals surface area contributed by atoms with Crippen molar-refractivity contribution in [3.63, 3.8) is 0 Å². The Morgan fingerprint density at radius 1 is 1.00 bits per heavy atom. The van der Waals surface area contributed by atoms with E-state index in [9.17, 15) is 0 Å². The van der Waals surface area contributed by atoms with Gasteiger partial charge in [-0.2, -0.15) is 0 Å². The van der Waals surface area contributed by atoms with Crippen molar-refractivity contribution < 1.29 is 4.74 Å². The van der Waals surface area contributed by atoms with Gasteiger partial charge in [0.25, 0.3) is 0 Å². The van der Waals surface area contributed by atoms with E-state index in [4.69, 9.17) is 4.74 Å². The average molecular weight is 213 g/mol. The second kappa shape index (κ2) is 4.06. The summed E-state index contributed by atoms with van der Waals surface area (Å²) in [5.41, 5.74) is 0.486. The SMILES string of the molecule is CC1CN(C(C)(C)C)CC(C(C)(C)C)O1. The third kappa shape index (κ3) is 3.46. The molecule has 0 N–H and O–H groups in total. The molecule has 0 aromatic heterocycles. The molecule has 1 aliphatic rings. The molecule has 1 rings (SSSR count). The summed E-state index contributed by atoms with van der Waals surface area (Å²) in [7, 11) is 0. The van der Waals surface area contributed by atoms with Gasteiger partial charge in [-0.3, -0.25) is 4.90 Å². The van der Waals surface area contributed by atoms with Crippen LogP contribution in [0.4, 0.5) is 0 Å². The van der Waals surface area contributed by atoms with Gasteiger partial charge in [0.15, 0.2) is 0 Å². The molecule has 1 fully saturated rings. The van der Waals surface area contributed by atoms with Crippen LogP contribution < -0.4 is 0 Å². The smallest absolute Gasteiger partial charge is 0.0754 e. The van der Waals surface area contributed by atoms with Crippen molar-refractivity contribution in [1.29, 1.82) is 0 Å². The molecule has 2 atom stereocenters. The predicted molar refractivity (Wildman–Crippen MR) is 65.1 cm³/mol. The quantitative estimate of drug-likeness (QED) is 0.613. The third-order valence-corrected chi connectivity index (χ3v) is 3.17. The van der Waals surface area contributed by atoms with Gasteiger partial charge in [0, 0.05) is 18.6 Å². The largest absolute Gasteiger partial charge is 0.372 e. The summed E-state index contributed by atoms with van der Waals surface area (Å²) in [6.07, 6.45) is 0.697. The highest BCUT2D eigenvalue weighted by atomic mass is 16.5. The van der Waals surface area contributed by atoms with Gasteiger partial charge >= 0.3 is 0 Å². The van der Waals surface area contributed by atoms with Crippen LogP contribution in [0.2, 0.25) is 0 Å². The summed E-state index contributed by atoms with van der Waals surface area (Å²) >= 11 is 0. The molecule has 0 aliphatic carbocycles. The van der Waals surface area contributed by atoms with E-state index in [-0.39, 0.29) is 11.0 Å². The van der Waals surface area contributed by atoms with Crippen molar-refractivity contribution in [3.8, 4) is 0 Å². The first-order valence-corrected chi connectivity index (χ1v) is 6.01. The van der Waals surface area contributed by atoms with Gasteiger partial charge in [0.2, 0.25) is 0 Å². The van der Waals surface area contributed by atoms with Crippen LogP contribution in [-0.2, 0) is 4.74 Å². The predicted octanol–water partition coefficient (Wildman–Crippen LogP) is 2.92.